The molecule has 0 spiro atoms. The minimum absolute atomic E-state index is 0.0396. The number of hydrogen-bond donors (Lipinski definition) is 1. The number of piperidine rings is 1. The van der Waals surface area contributed by atoms with Gasteiger partial charge in [0.05, 0.1) is 12.2 Å². The number of thiazole rings is 1. The molecule has 0 bridgehead atoms. The van der Waals surface area contributed by atoms with Crippen LogP contribution in [0.25, 0.3) is 0 Å². The first-order valence-electron chi connectivity index (χ1n) is 8.49. The molecule has 1 aliphatic heterocycles. The molecule has 128 valence electrons. The standard InChI is InChI=1S/C16H21N5O2S/c22-15(16-19-13(9-24-16)12-3-4-12)17-6-11-2-1-5-21(7-11)8-14-18-10-23-20-14/h9-12H,1-8H2,(H,17,22). The van der Waals surface area contributed by atoms with E-state index in [0.29, 0.717) is 29.9 Å². The number of hydrogen-bond acceptors (Lipinski definition) is 7. The van der Waals surface area contributed by atoms with Crippen LogP contribution in [0, 0.1) is 5.92 Å². The topological polar surface area (TPSA) is 84.2 Å². The monoisotopic (exact) mass is 347 g/mol. The van der Waals surface area contributed by atoms with E-state index in [4.69, 9.17) is 4.52 Å². The van der Waals surface area contributed by atoms with Crippen molar-refractivity contribution in [3.63, 3.8) is 0 Å². The maximum Gasteiger partial charge on any atom is 0.280 e. The Balaban J connectivity index is 1.26. The first-order valence-corrected chi connectivity index (χ1v) is 9.37. The molecule has 1 unspecified atom stereocenters. The van der Waals surface area contributed by atoms with Crippen LogP contribution in [0.5, 0.6) is 0 Å². The highest BCUT2D eigenvalue weighted by Crippen LogP contribution is 2.40. The van der Waals surface area contributed by atoms with E-state index in [2.05, 4.69) is 25.3 Å². The first kappa shape index (κ1) is 15.7. The smallest absolute Gasteiger partial charge is 0.280 e. The molecule has 3 heterocycles. The second kappa shape index (κ2) is 6.98. The molecule has 2 fully saturated rings. The highest BCUT2D eigenvalue weighted by molar-refractivity contribution is 7.11. The van der Waals surface area contributed by atoms with Crippen molar-refractivity contribution in [3.8, 4) is 0 Å². The van der Waals surface area contributed by atoms with Gasteiger partial charge in [-0.05, 0) is 38.1 Å². The third kappa shape index (κ3) is 3.81. The van der Waals surface area contributed by atoms with Crippen LogP contribution < -0.4 is 5.32 Å². The molecule has 2 aromatic heterocycles. The van der Waals surface area contributed by atoms with E-state index in [-0.39, 0.29) is 5.91 Å². The zero-order chi connectivity index (χ0) is 16.4. The second-order valence-corrected chi connectivity index (χ2v) is 7.51. The predicted octanol–water partition coefficient (Wildman–Crippen LogP) is 2.05. The maximum atomic E-state index is 12.3. The largest absolute Gasteiger partial charge is 0.350 e. The van der Waals surface area contributed by atoms with Crippen molar-refractivity contribution in [2.24, 2.45) is 5.92 Å². The van der Waals surface area contributed by atoms with Crippen molar-refractivity contribution in [2.45, 2.75) is 38.1 Å². The number of likely N-dealkylation sites (tertiary alicyclic amines) is 1. The summed E-state index contributed by atoms with van der Waals surface area (Å²) in [4.78, 5) is 23.1. The fourth-order valence-electron chi connectivity index (χ4n) is 3.19. The minimum Gasteiger partial charge on any atom is -0.350 e. The summed E-state index contributed by atoms with van der Waals surface area (Å²) in [5.74, 6) is 1.73. The summed E-state index contributed by atoms with van der Waals surface area (Å²) in [6.07, 6.45) is 6.04. The van der Waals surface area contributed by atoms with Crippen LogP contribution in [0.3, 0.4) is 0 Å². The van der Waals surface area contributed by atoms with Crippen LogP contribution in [0.4, 0.5) is 0 Å². The van der Waals surface area contributed by atoms with E-state index in [1.165, 1.54) is 30.6 Å². The Morgan fingerprint density at radius 3 is 3.12 bits per heavy atom. The lowest BCUT2D eigenvalue weighted by Crippen LogP contribution is -2.40. The highest BCUT2D eigenvalue weighted by atomic mass is 32.1. The Morgan fingerprint density at radius 2 is 2.33 bits per heavy atom. The molecule has 1 saturated heterocycles. The Labute approximate surface area is 144 Å². The lowest BCUT2D eigenvalue weighted by molar-refractivity contribution is 0.0929. The summed E-state index contributed by atoms with van der Waals surface area (Å²) in [5, 5.41) is 9.54. The molecule has 4 rings (SSSR count). The van der Waals surface area contributed by atoms with Gasteiger partial charge in [-0.1, -0.05) is 5.16 Å². The molecule has 8 heteroatoms. The second-order valence-electron chi connectivity index (χ2n) is 6.65. The van der Waals surface area contributed by atoms with E-state index in [1.807, 2.05) is 5.38 Å². The number of aromatic nitrogens is 3. The number of amides is 1. The molecule has 7 nitrogen and oxygen atoms in total. The normalized spacial score (nSPS) is 21.8. The van der Waals surface area contributed by atoms with E-state index < -0.39 is 0 Å². The lowest BCUT2D eigenvalue weighted by Gasteiger charge is -2.31. The van der Waals surface area contributed by atoms with E-state index in [1.54, 1.807) is 0 Å². The molecule has 1 aliphatic carbocycles. The molecule has 2 aliphatic rings. The van der Waals surface area contributed by atoms with Crippen molar-refractivity contribution in [1.29, 1.82) is 0 Å². The molecule has 1 N–H and O–H groups in total. The maximum absolute atomic E-state index is 12.3. The van der Waals surface area contributed by atoms with Crippen LogP contribution in [0.2, 0.25) is 0 Å². The summed E-state index contributed by atoms with van der Waals surface area (Å²) in [5.41, 5.74) is 1.09. The molecule has 2 aromatic rings. The predicted molar refractivity (Wildman–Crippen MR) is 88.7 cm³/mol. The van der Waals surface area contributed by atoms with Crippen molar-refractivity contribution < 1.29 is 9.32 Å². The Bertz CT molecular complexity index is 682. The van der Waals surface area contributed by atoms with Gasteiger partial charge in [0.2, 0.25) is 6.39 Å². The number of nitrogens with one attached hydrogen (secondary N) is 1. The molecule has 24 heavy (non-hydrogen) atoms. The van der Waals surface area contributed by atoms with E-state index >= 15 is 0 Å². The third-order valence-corrected chi connectivity index (χ3v) is 5.50. The van der Waals surface area contributed by atoms with E-state index in [9.17, 15) is 4.79 Å². The van der Waals surface area contributed by atoms with Gasteiger partial charge in [0.1, 0.15) is 0 Å². The number of rotatable bonds is 6. The van der Waals surface area contributed by atoms with Crippen LogP contribution >= 0.6 is 11.3 Å². The van der Waals surface area contributed by atoms with Gasteiger partial charge in [0.15, 0.2) is 10.8 Å². The Hall–Kier alpha value is -1.80. The molecular weight excluding hydrogens is 326 g/mol. The van der Waals surface area contributed by atoms with Gasteiger partial charge in [-0.2, -0.15) is 4.98 Å². The first-order chi connectivity index (χ1) is 11.8. The summed E-state index contributed by atoms with van der Waals surface area (Å²) < 4.78 is 4.78. The Kier molecular flexibility index (Phi) is 4.57. The van der Waals surface area contributed by atoms with Gasteiger partial charge in [-0.15, -0.1) is 11.3 Å². The Morgan fingerprint density at radius 1 is 1.42 bits per heavy atom. The quantitative estimate of drug-likeness (QED) is 0.861. The van der Waals surface area contributed by atoms with Crippen LogP contribution in [-0.4, -0.2) is 45.6 Å². The SMILES string of the molecule is O=C(NCC1CCCN(Cc2ncon2)C1)c1nc(C2CC2)cs1. The summed E-state index contributed by atoms with van der Waals surface area (Å²) in [6.45, 7) is 3.38. The van der Waals surface area contributed by atoms with Crippen molar-refractivity contribution >= 4 is 17.2 Å². The van der Waals surface area contributed by atoms with Crippen molar-refractivity contribution in [2.75, 3.05) is 19.6 Å². The summed E-state index contributed by atoms with van der Waals surface area (Å²) in [6, 6.07) is 0. The van der Waals surface area contributed by atoms with Crippen LogP contribution in [0.15, 0.2) is 16.3 Å². The number of carbonyl (C=O) groups excluding carboxylic acids is 1. The van der Waals surface area contributed by atoms with Crippen molar-refractivity contribution in [3.05, 3.63) is 28.3 Å². The number of nitrogens with zero attached hydrogens (tertiary/aromatic N) is 4. The molecule has 1 atom stereocenters. The fourth-order valence-corrected chi connectivity index (χ4v) is 4.01. The zero-order valence-corrected chi connectivity index (χ0v) is 14.3. The van der Waals surface area contributed by atoms with E-state index in [0.717, 1.165) is 37.4 Å². The van der Waals surface area contributed by atoms with Gasteiger partial charge in [-0.3, -0.25) is 9.69 Å². The van der Waals surface area contributed by atoms with Gasteiger partial charge >= 0.3 is 0 Å². The van der Waals surface area contributed by atoms with Gasteiger partial charge in [-0.25, -0.2) is 4.98 Å². The third-order valence-electron chi connectivity index (χ3n) is 4.64. The van der Waals surface area contributed by atoms with Gasteiger partial charge in [0.25, 0.3) is 5.91 Å². The number of carbonyl (C=O) groups is 1. The summed E-state index contributed by atoms with van der Waals surface area (Å²) >= 11 is 1.46. The minimum atomic E-state index is -0.0396. The summed E-state index contributed by atoms with van der Waals surface area (Å²) in [7, 11) is 0. The van der Waals surface area contributed by atoms with Crippen LogP contribution in [-0.2, 0) is 6.54 Å². The fraction of sp³-hybridized carbons (Fsp3) is 0.625. The molecule has 0 aromatic carbocycles. The van der Waals surface area contributed by atoms with Gasteiger partial charge < -0.3 is 9.84 Å². The zero-order valence-electron chi connectivity index (χ0n) is 13.5. The van der Waals surface area contributed by atoms with Crippen LogP contribution in [0.1, 0.15) is 52.9 Å². The average molecular weight is 347 g/mol. The molecule has 1 amide bonds. The highest BCUT2D eigenvalue weighted by Gasteiger charge is 2.27. The average Bonchev–Trinajstić information content (AvgIpc) is 3.10. The molecule has 1 saturated carbocycles. The van der Waals surface area contributed by atoms with Gasteiger partial charge in [0, 0.05) is 24.4 Å². The lowest BCUT2D eigenvalue weighted by atomic mass is 9.98. The molecular formula is C16H21N5O2S. The molecule has 0 radical (unpaired) electrons. The van der Waals surface area contributed by atoms with Crippen molar-refractivity contribution in [1.82, 2.24) is 25.3 Å².